The van der Waals surface area contributed by atoms with Crippen molar-refractivity contribution in [3.05, 3.63) is 83.8 Å². The van der Waals surface area contributed by atoms with Crippen LogP contribution in [0.3, 0.4) is 0 Å². The van der Waals surface area contributed by atoms with Crippen LogP contribution in [-0.2, 0) is 25.7 Å². The number of anilines is 1. The van der Waals surface area contributed by atoms with E-state index in [4.69, 9.17) is 27.9 Å². The van der Waals surface area contributed by atoms with Gasteiger partial charge in [-0.1, -0.05) is 23.2 Å². The summed E-state index contributed by atoms with van der Waals surface area (Å²) in [4.78, 5) is 15.0. The predicted molar refractivity (Wildman–Crippen MR) is 152 cm³/mol. The quantitative estimate of drug-likeness (QED) is 0.256. The van der Waals surface area contributed by atoms with Crippen molar-refractivity contribution < 1.29 is 9.53 Å². The van der Waals surface area contributed by atoms with E-state index in [-0.39, 0.29) is 0 Å². The fourth-order valence-electron chi connectivity index (χ4n) is 7.72. The molecule has 0 saturated carbocycles. The van der Waals surface area contributed by atoms with Crippen molar-refractivity contribution in [1.82, 2.24) is 4.58 Å². The number of fused-ring (bicyclic) bond motifs is 4. The Bertz CT molecular complexity index is 1700. The third-order valence-electron chi connectivity index (χ3n) is 9.20. The van der Waals surface area contributed by atoms with Crippen LogP contribution in [0.15, 0.2) is 24.3 Å². The Kier molecular flexibility index (Phi) is 5.22. The first-order valence-corrected chi connectivity index (χ1v) is 14.8. The second-order valence-electron chi connectivity index (χ2n) is 11.3. The Labute approximate surface area is 232 Å². The van der Waals surface area contributed by atoms with E-state index in [1.165, 1.54) is 33.3 Å². The fourth-order valence-corrected chi connectivity index (χ4v) is 8.18. The van der Waals surface area contributed by atoms with E-state index in [1.54, 1.807) is 6.07 Å². The van der Waals surface area contributed by atoms with Crippen LogP contribution in [0.2, 0.25) is 10.0 Å². The van der Waals surface area contributed by atoms with Crippen molar-refractivity contribution in [2.45, 2.75) is 51.4 Å². The SMILES string of the molecule is O=Cc1c(Cl)ccc(Cl)c1C1=c2cc3c4c(c2Oc2c1cc1c5c2CCCN5CCC1)CCC[N+]=4CCC3. The second kappa shape index (κ2) is 8.59. The first-order valence-electron chi connectivity index (χ1n) is 14.0. The lowest BCUT2D eigenvalue weighted by Crippen LogP contribution is -2.45. The molecule has 5 heterocycles. The Morgan fingerprint density at radius 3 is 2.42 bits per heavy atom. The number of benzene rings is 3. The summed E-state index contributed by atoms with van der Waals surface area (Å²) in [7, 11) is 0. The molecule has 0 amide bonds. The van der Waals surface area contributed by atoms with Crippen LogP contribution in [0.25, 0.3) is 5.57 Å². The van der Waals surface area contributed by atoms with Gasteiger partial charge in [0.05, 0.1) is 10.6 Å². The molecule has 3 aromatic rings. The van der Waals surface area contributed by atoms with Crippen LogP contribution in [0.1, 0.15) is 69.4 Å². The maximum atomic E-state index is 12.5. The minimum absolute atomic E-state index is 0.428. The van der Waals surface area contributed by atoms with Gasteiger partial charge in [0.15, 0.2) is 6.29 Å². The molecule has 0 N–H and O–H groups in total. The lowest BCUT2D eigenvalue weighted by molar-refractivity contribution is 0.112. The summed E-state index contributed by atoms with van der Waals surface area (Å²) >= 11 is 13.6. The molecule has 6 heteroatoms. The molecule has 192 valence electrons. The van der Waals surface area contributed by atoms with Crippen LogP contribution < -0.4 is 24.8 Å². The molecular weight excluding hydrogens is 515 g/mol. The van der Waals surface area contributed by atoms with Gasteiger partial charge in [-0.3, -0.25) is 4.79 Å². The summed E-state index contributed by atoms with van der Waals surface area (Å²) in [6.45, 7) is 4.42. The second-order valence-corrected chi connectivity index (χ2v) is 12.1. The summed E-state index contributed by atoms with van der Waals surface area (Å²) in [6.07, 6.45) is 9.53. The van der Waals surface area contributed by atoms with Crippen molar-refractivity contribution in [2.24, 2.45) is 0 Å². The summed E-state index contributed by atoms with van der Waals surface area (Å²) in [5, 5.41) is 3.41. The Morgan fingerprint density at radius 2 is 1.58 bits per heavy atom. The van der Waals surface area contributed by atoms with Crippen molar-refractivity contribution in [2.75, 3.05) is 31.1 Å². The van der Waals surface area contributed by atoms with Crippen molar-refractivity contribution in [3.63, 3.8) is 0 Å². The van der Waals surface area contributed by atoms with E-state index in [0.717, 1.165) is 117 Å². The predicted octanol–water partition coefficient (Wildman–Crippen LogP) is 5.24. The molecule has 0 bridgehead atoms. The smallest absolute Gasteiger partial charge is 0.210 e. The van der Waals surface area contributed by atoms with Crippen LogP contribution in [0.5, 0.6) is 11.5 Å². The average molecular weight is 545 g/mol. The molecule has 4 nitrogen and oxygen atoms in total. The highest BCUT2D eigenvalue weighted by atomic mass is 35.5. The zero-order valence-electron chi connectivity index (χ0n) is 21.3. The lowest BCUT2D eigenvalue weighted by Gasteiger charge is -2.39. The number of hydrogen-bond acceptors (Lipinski definition) is 3. The summed E-state index contributed by atoms with van der Waals surface area (Å²) in [6, 6.07) is 8.20. The van der Waals surface area contributed by atoms with E-state index in [0.29, 0.717) is 15.6 Å². The number of carbonyl (C=O) groups is 1. The van der Waals surface area contributed by atoms with E-state index in [9.17, 15) is 4.79 Å². The summed E-state index contributed by atoms with van der Waals surface area (Å²) in [5.74, 6) is 1.91. The number of nitrogens with zero attached hydrogens (tertiary/aromatic N) is 2. The monoisotopic (exact) mass is 543 g/mol. The third-order valence-corrected chi connectivity index (χ3v) is 9.84. The molecule has 5 aliphatic heterocycles. The molecule has 0 unspecified atom stereocenters. The number of aryl methyl sites for hydroxylation is 2. The minimum Gasteiger partial charge on any atom is -0.455 e. The molecule has 0 aromatic heterocycles. The molecular formula is C32H29Cl2N2O2+. The highest BCUT2D eigenvalue weighted by Crippen LogP contribution is 2.49. The van der Waals surface area contributed by atoms with Crippen LogP contribution >= 0.6 is 23.2 Å². The van der Waals surface area contributed by atoms with E-state index in [1.807, 2.05) is 6.07 Å². The zero-order valence-corrected chi connectivity index (χ0v) is 22.9. The van der Waals surface area contributed by atoms with Gasteiger partial charge in [0.1, 0.15) is 24.6 Å². The highest BCUT2D eigenvalue weighted by Gasteiger charge is 2.36. The summed E-state index contributed by atoms with van der Waals surface area (Å²) < 4.78 is 9.63. The van der Waals surface area contributed by atoms with Crippen LogP contribution in [-0.4, -0.2) is 32.5 Å². The van der Waals surface area contributed by atoms with Gasteiger partial charge in [0.25, 0.3) is 0 Å². The molecule has 0 saturated heterocycles. The van der Waals surface area contributed by atoms with Gasteiger partial charge in [-0.2, -0.15) is 0 Å². The maximum Gasteiger partial charge on any atom is 0.210 e. The molecule has 0 atom stereocenters. The lowest BCUT2D eigenvalue weighted by atomic mass is 9.82. The van der Waals surface area contributed by atoms with Gasteiger partial charge in [-0.15, -0.1) is 0 Å². The minimum atomic E-state index is 0.428. The number of carbonyl (C=O) groups excluding carboxylic acids is 1. The van der Waals surface area contributed by atoms with Gasteiger partial charge in [-0.25, -0.2) is 4.58 Å². The first-order chi connectivity index (χ1) is 18.6. The molecule has 0 spiro atoms. The largest absolute Gasteiger partial charge is 0.455 e. The number of halogens is 2. The number of ether oxygens (including phenoxy) is 1. The van der Waals surface area contributed by atoms with Gasteiger partial charge in [0.2, 0.25) is 5.36 Å². The maximum absolute atomic E-state index is 12.5. The van der Waals surface area contributed by atoms with Crippen molar-refractivity contribution >= 4 is 40.7 Å². The first kappa shape index (κ1) is 23.1. The zero-order chi connectivity index (χ0) is 25.5. The number of aldehydes is 1. The molecule has 5 aliphatic rings. The Morgan fingerprint density at radius 1 is 0.842 bits per heavy atom. The van der Waals surface area contributed by atoms with Gasteiger partial charge >= 0.3 is 0 Å². The van der Waals surface area contributed by atoms with E-state index < -0.39 is 0 Å². The Hall–Kier alpha value is -2.82. The van der Waals surface area contributed by atoms with E-state index in [2.05, 4.69) is 21.6 Å². The standard InChI is InChI=1S/C32H29Cl2N2O2/c33-25-9-10-26(34)28(24(25)17-37)27-22-15-18-5-1-11-35-13-3-7-20(29(18)35)31(22)38-32-21-8-4-14-36-12-2-6-19(30(21)36)16-23(27)32/h9-10,15-17H,1-8,11-14H2/q+1. The normalized spacial score (nSPS) is 18.7. The summed E-state index contributed by atoms with van der Waals surface area (Å²) in [5.41, 5.74) is 10.0. The fraction of sp³-hybridized carbons (Fsp3) is 0.375. The van der Waals surface area contributed by atoms with Crippen molar-refractivity contribution in [3.8, 4) is 11.5 Å². The molecule has 3 aromatic carbocycles. The Balaban J connectivity index is 1.57. The van der Waals surface area contributed by atoms with Crippen LogP contribution in [0.4, 0.5) is 5.69 Å². The molecule has 0 fully saturated rings. The van der Waals surface area contributed by atoms with Gasteiger partial charge in [-0.05, 0) is 68.4 Å². The van der Waals surface area contributed by atoms with Crippen LogP contribution in [0, 0.1) is 0 Å². The molecule has 38 heavy (non-hydrogen) atoms. The van der Waals surface area contributed by atoms with E-state index >= 15 is 0 Å². The van der Waals surface area contributed by atoms with Gasteiger partial charge in [0, 0.05) is 75.3 Å². The highest BCUT2D eigenvalue weighted by molar-refractivity contribution is 6.37. The topological polar surface area (TPSA) is 32.5 Å². The van der Waals surface area contributed by atoms with Crippen molar-refractivity contribution in [1.29, 1.82) is 0 Å². The average Bonchev–Trinajstić information content (AvgIpc) is 2.94. The molecule has 8 rings (SSSR count). The number of rotatable bonds is 2. The van der Waals surface area contributed by atoms with Gasteiger partial charge < -0.3 is 9.64 Å². The third kappa shape index (κ3) is 3.17. The molecule has 0 aliphatic carbocycles. The number of hydrogen-bond donors (Lipinski definition) is 0. The molecule has 0 radical (unpaired) electrons.